The van der Waals surface area contributed by atoms with Gasteiger partial charge in [0.1, 0.15) is 6.33 Å². The molecule has 27 heavy (non-hydrogen) atoms. The van der Waals surface area contributed by atoms with Gasteiger partial charge in [0, 0.05) is 37.2 Å². The van der Waals surface area contributed by atoms with Crippen molar-refractivity contribution < 1.29 is 0 Å². The molecule has 9 heteroatoms. The molecule has 1 aliphatic carbocycles. The first kappa shape index (κ1) is 14.9. The van der Waals surface area contributed by atoms with Crippen LogP contribution in [0.15, 0.2) is 31.1 Å². The Kier molecular flexibility index (Phi) is 2.97. The van der Waals surface area contributed by atoms with E-state index in [2.05, 4.69) is 42.4 Å². The highest BCUT2D eigenvalue weighted by Gasteiger charge is 2.33. The van der Waals surface area contributed by atoms with Crippen molar-refractivity contribution in [3.63, 3.8) is 0 Å². The van der Waals surface area contributed by atoms with E-state index in [0.717, 1.165) is 41.5 Å². The summed E-state index contributed by atoms with van der Waals surface area (Å²) in [4.78, 5) is 10.3. The number of hydrogen-bond donors (Lipinski definition) is 1. The Morgan fingerprint density at radius 3 is 3.00 bits per heavy atom. The lowest BCUT2D eigenvalue weighted by Crippen LogP contribution is -2.34. The van der Waals surface area contributed by atoms with Gasteiger partial charge in [-0.05, 0) is 18.9 Å². The lowest BCUT2D eigenvalue weighted by molar-refractivity contribution is 0.643. The van der Waals surface area contributed by atoms with Crippen molar-refractivity contribution in [3.8, 4) is 0 Å². The molecule has 2 aliphatic rings. The number of nitrogens with one attached hydrogen (secondary N) is 1. The zero-order valence-corrected chi connectivity index (χ0v) is 14.9. The molecule has 5 heterocycles. The van der Waals surface area contributed by atoms with E-state index in [1.807, 2.05) is 22.4 Å². The van der Waals surface area contributed by atoms with Gasteiger partial charge in [-0.2, -0.15) is 14.7 Å². The second kappa shape index (κ2) is 5.38. The second-order valence-electron chi connectivity index (χ2n) is 7.47. The van der Waals surface area contributed by atoms with E-state index >= 15 is 0 Å². The number of aryl methyl sites for hydroxylation is 1. The molecule has 0 radical (unpaired) electrons. The molecule has 1 atom stereocenters. The molecule has 0 saturated heterocycles. The highest BCUT2D eigenvalue weighted by Crippen LogP contribution is 2.41. The van der Waals surface area contributed by atoms with Crippen LogP contribution in [0.5, 0.6) is 0 Å². The number of anilines is 1. The van der Waals surface area contributed by atoms with Gasteiger partial charge in [0.2, 0.25) is 5.65 Å². The first-order chi connectivity index (χ1) is 13.3. The Morgan fingerprint density at radius 1 is 1.26 bits per heavy atom. The Labute approximate surface area is 155 Å². The van der Waals surface area contributed by atoms with Gasteiger partial charge in [-0.25, -0.2) is 4.98 Å². The van der Waals surface area contributed by atoms with Gasteiger partial charge in [0.15, 0.2) is 0 Å². The number of aromatic nitrogens is 8. The number of rotatable bonds is 3. The molecule has 4 aromatic rings. The number of aromatic amines is 1. The lowest BCUT2D eigenvalue weighted by Gasteiger charge is -2.33. The fourth-order valence-electron chi connectivity index (χ4n) is 4.03. The summed E-state index contributed by atoms with van der Waals surface area (Å²) in [5.74, 6) is 0.728. The van der Waals surface area contributed by atoms with Crippen molar-refractivity contribution in [3.05, 3.63) is 53.8 Å². The second-order valence-corrected chi connectivity index (χ2v) is 7.47. The molecule has 1 fully saturated rings. The van der Waals surface area contributed by atoms with Crippen molar-refractivity contribution in [2.75, 3.05) is 11.4 Å². The third-order valence-corrected chi connectivity index (χ3v) is 5.56. The van der Waals surface area contributed by atoms with E-state index in [0.29, 0.717) is 5.92 Å². The van der Waals surface area contributed by atoms with Crippen LogP contribution in [-0.2, 0) is 13.6 Å². The van der Waals surface area contributed by atoms with Crippen LogP contribution in [0, 0.1) is 0 Å². The molecule has 0 amide bonds. The molecule has 1 saturated carbocycles. The molecular weight excluding hydrogens is 342 g/mol. The van der Waals surface area contributed by atoms with Crippen LogP contribution in [-0.4, -0.2) is 46.1 Å². The van der Waals surface area contributed by atoms with Gasteiger partial charge < -0.3 is 9.88 Å². The normalized spacial score (nSPS) is 19.6. The van der Waals surface area contributed by atoms with E-state index < -0.39 is 0 Å². The maximum atomic E-state index is 4.70. The van der Waals surface area contributed by atoms with Crippen LogP contribution in [0.4, 0.5) is 5.69 Å². The van der Waals surface area contributed by atoms with Crippen LogP contribution >= 0.6 is 0 Å². The van der Waals surface area contributed by atoms with Gasteiger partial charge in [-0.15, -0.1) is 10.2 Å². The summed E-state index contributed by atoms with van der Waals surface area (Å²) >= 11 is 0. The Hall–Kier alpha value is -3.23. The first-order valence-corrected chi connectivity index (χ1v) is 9.23. The van der Waals surface area contributed by atoms with E-state index in [1.54, 1.807) is 12.7 Å². The van der Waals surface area contributed by atoms with Crippen molar-refractivity contribution in [2.24, 2.45) is 7.05 Å². The fourth-order valence-corrected chi connectivity index (χ4v) is 4.03. The van der Waals surface area contributed by atoms with E-state index in [4.69, 9.17) is 5.10 Å². The zero-order chi connectivity index (χ0) is 18.0. The molecule has 9 nitrogen and oxygen atoms in total. The maximum Gasteiger partial charge on any atom is 0.200 e. The Balaban J connectivity index is 1.47. The molecule has 1 unspecified atom stereocenters. The predicted octanol–water partition coefficient (Wildman–Crippen LogP) is 1.61. The molecule has 0 bridgehead atoms. The summed E-state index contributed by atoms with van der Waals surface area (Å²) in [6.45, 7) is 1.59. The number of H-pyrrole nitrogens is 1. The minimum absolute atomic E-state index is 0.161. The first-order valence-electron chi connectivity index (χ1n) is 9.23. The lowest BCUT2D eigenvalue weighted by atomic mass is 9.93. The van der Waals surface area contributed by atoms with Crippen molar-refractivity contribution in [1.29, 1.82) is 0 Å². The summed E-state index contributed by atoms with van der Waals surface area (Å²) in [5.41, 5.74) is 6.42. The van der Waals surface area contributed by atoms with E-state index in [-0.39, 0.29) is 5.92 Å². The molecule has 4 aromatic heterocycles. The van der Waals surface area contributed by atoms with Crippen LogP contribution in [0.1, 0.15) is 47.3 Å². The average Bonchev–Trinajstić information content (AvgIpc) is 3.07. The predicted molar refractivity (Wildman–Crippen MR) is 97.4 cm³/mol. The monoisotopic (exact) mass is 361 g/mol. The summed E-state index contributed by atoms with van der Waals surface area (Å²) in [6, 6.07) is 2.20. The quantitative estimate of drug-likeness (QED) is 0.596. The SMILES string of the molecule is Cn1cc(C2CN(c3cc(C4CC4)nn4cnnc34)Cc3[nH]cnc32)cn1. The summed E-state index contributed by atoms with van der Waals surface area (Å²) in [5, 5.41) is 17.5. The smallest absolute Gasteiger partial charge is 0.200 e. The van der Waals surface area contributed by atoms with Crippen LogP contribution in [0.3, 0.4) is 0 Å². The van der Waals surface area contributed by atoms with Crippen molar-refractivity contribution >= 4 is 11.3 Å². The van der Waals surface area contributed by atoms with Gasteiger partial charge in [0.25, 0.3) is 0 Å². The summed E-state index contributed by atoms with van der Waals surface area (Å²) in [6.07, 6.45) is 9.90. The number of nitrogens with zero attached hydrogens (tertiary/aromatic N) is 8. The van der Waals surface area contributed by atoms with Crippen molar-refractivity contribution in [1.82, 2.24) is 39.6 Å². The molecule has 6 rings (SSSR count). The minimum Gasteiger partial charge on any atom is -0.361 e. The average molecular weight is 361 g/mol. The Bertz CT molecular complexity index is 1130. The van der Waals surface area contributed by atoms with Gasteiger partial charge in [0.05, 0.1) is 41.8 Å². The van der Waals surface area contributed by atoms with E-state index in [9.17, 15) is 0 Å². The van der Waals surface area contributed by atoms with E-state index in [1.165, 1.54) is 18.4 Å². The summed E-state index contributed by atoms with van der Waals surface area (Å²) < 4.78 is 3.65. The molecule has 1 aliphatic heterocycles. The van der Waals surface area contributed by atoms with Crippen LogP contribution in [0.2, 0.25) is 0 Å². The maximum absolute atomic E-state index is 4.70. The third-order valence-electron chi connectivity index (χ3n) is 5.56. The standard InChI is InChI=1S/C18H19N9/c1-25-6-12(5-22-25)13-7-26(8-15-17(13)20-9-19-15)16-4-14(11-2-3-11)24-27-10-21-23-18(16)27/h4-6,9-11,13H,2-3,7-8H2,1H3,(H,19,20). The van der Waals surface area contributed by atoms with Crippen LogP contribution in [0.25, 0.3) is 5.65 Å². The molecule has 0 spiro atoms. The third kappa shape index (κ3) is 2.34. The number of hydrogen-bond acceptors (Lipinski definition) is 6. The van der Waals surface area contributed by atoms with Gasteiger partial charge in [-0.3, -0.25) is 4.68 Å². The molecule has 1 N–H and O–H groups in total. The van der Waals surface area contributed by atoms with Gasteiger partial charge >= 0.3 is 0 Å². The number of imidazole rings is 1. The zero-order valence-electron chi connectivity index (χ0n) is 14.9. The minimum atomic E-state index is 0.161. The number of fused-ring (bicyclic) bond motifs is 2. The Morgan fingerprint density at radius 2 is 2.19 bits per heavy atom. The molecular formula is C18H19N9. The summed E-state index contributed by atoms with van der Waals surface area (Å²) in [7, 11) is 1.94. The largest absolute Gasteiger partial charge is 0.361 e. The molecule has 136 valence electrons. The van der Waals surface area contributed by atoms with Crippen LogP contribution < -0.4 is 4.90 Å². The highest BCUT2D eigenvalue weighted by atomic mass is 15.4. The van der Waals surface area contributed by atoms with Crippen molar-refractivity contribution in [2.45, 2.75) is 31.2 Å². The topological polar surface area (TPSA) is 92.8 Å². The fraction of sp³-hybridized carbons (Fsp3) is 0.389. The van der Waals surface area contributed by atoms with Gasteiger partial charge in [-0.1, -0.05) is 0 Å². The highest BCUT2D eigenvalue weighted by molar-refractivity contribution is 5.69. The molecule has 0 aromatic carbocycles.